The van der Waals surface area contributed by atoms with E-state index in [4.69, 9.17) is 16.3 Å². The summed E-state index contributed by atoms with van der Waals surface area (Å²) in [6.07, 6.45) is 3.46. The first-order valence-corrected chi connectivity index (χ1v) is 9.16. The Bertz CT molecular complexity index is 712. The Morgan fingerprint density at radius 3 is 2.42 bits per heavy atom. The molecule has 1 heterocycles. The van der Waals surface area contributed by atoms with Gasteiger partial charge < -0.3 is 15.0 Å². The molecule has 26 heavy (non-hydrogen) atoms. The summed E-state index contributed by atoms with van der Waals surface area (Å²) >= 11 is 6.19. The van der Waals surface area contributed by atoms with Gasteiger partial charge in [-0.05, 0) is 58.0 Å². The van der Waals surface area contributed by atoms with Gasteiger partial charge >= 0.3 is 0 Å². The Kier molecular flexibility index (Phi) is 7.27. The predicted molar refractivity (Wildman–Crippen MR) is 106 cm³/mol. The van der Waals surface area contributed by atoms with E-state index in [1.54, 1.807) is 30.6 Å². The first kappa shape index (κ1) is 20.0. The molecular formula is C20H26ClN3O2. The fraction of sp³-hybridized carbons (Fsp3) is 0.400. The average Bonchev–Trinajstić information content (AvgIpc) is 2.58. The number of carbonyl (C=O) groups is 1. The average molecular weight is 376 g/mol. The molecule has 2 rings (SSSR count). The molecule has 5 nitrogen and oxygen atoms in total. The normalized spacial score (nSPS) is 10.9. The monoisotopic (exact) mass is 375 g/mol. The molecule has 0 spiro atoms. The van der Waals surface area contributed by atoms with E-state index in [2.05, 4.69) is 10.3 Å². The van der Waals surface area contributed by atoms with Crippen LogP contribution in [0.1, 0.15) is 38.1 Å². The van der Waals surface area contributed by atoms with Crippen LogP contribution in [0, 0.1) is 0 Å². The van der Waals surface area contributed by atoms with Gasteiger partial charge in [0.1, 0.15) is 12.4 Å². The van der Waals surface area contributed by atoms with Crippen molar-refractivity contribution in [2.75, 3.05) is 18.5 Å². The van der Waals surface area contributed by atoms with Crippen molar-refractivity contribution in [3.63, 3.8) is 0 Å². The van der Waals surface area contributed by atoms with Gasteiger partial charge in [0.25, 0.3) is 5.91 Å². The number of pyridine rings is 1. The lowest BCUT2D eigenvalue weighted by Gasteiger charge is -2.31. The zero-order valence-electron chi connectivity index (χ0n) is 15.7. The minimum absolute atomic E-state index is 0.0442. The molecule has 0 saturated carbocycles. The Morgan fingerprint density at radius 1 is 1.15 bits per heavy atom. The van der Waals surface area contributed by atoms with Gasteiger partial charge in [0.15, 0.2) is 0 Å². The van der Waals surface area contributed by atoms with Gasteiger partial charge in [-0.25, -0.2) is 0 Å². The number of nitrogens with zero attached hydrogens (tertiary/aromatic N) is 2. The lowest BCUT2D eigenvalue weighted by atomic mass is 10.1. The quantitative estimate of drug-likeness (QED) is 0.691. The summed E-state index contributed by atoms with van der Waals surface area (Å²) in [5.41, 5.74) is 1.52. The van der Waals surface area contributed by atoms with Crippen LogP contribution >= 0.6 is 11.6 Å². The third-order valence-corrected chi connectivity index (χ3v) is 4.06. The molecule has 2 aromatic rings. The Morgan fingerprint density at radius 2 is 1.81 bits per heavy atom. The van der Waals surface area contributed by atoms with Crippen LogP contribution in [0.15, 0.2) is 42.7 Å². The summed E-state index contributed by atoms with van der Waals surface area (Å²) in [5.74, 6) is 0.544. The van der Waals surface area contributed by atoms with Crippen molar-refractivity contribution in [1.82, 2.24) is 9.88 Å². The molecule has 1 N–H and O–H groups in total. The van der Waals surface area contributed by atoms with Gasteiger partial charge in [-0.2, -0.15) is 0 Å². The third-order valence-electron chi connectivity index (χ3n) is 3.85. The maximum Gasteiger partial charge on any atom is 0.254 e. The number of rotatable bonds is 8. The molecule has 0 atom stereocenters. The molecule has 6 heteroatoms. The number of ether oxygens (including phenoxy) is 1. The first-order chi connectivity index (χ1) is 12.4. The molecule has 0 unspecified atom stereocenters. The van der Waals surface area contributed by atoms with Crippen LogP contribution < -0.4 is 10.1 Å². The number of benzene rings is 1. The van der Waals surface area contributed by atoms with Gasteiger partial charge in [0.2, 0.25) is 0 Å². The Hall–Kier alpha value is -2.27. The summed E-state index contributed by atoms with van der Waals surface area (Å²) in [7, 11) is 0. The molecule has 1 aromatic heterocycles. The van der Waals surface area contributed by atoms with Gasteiger partial charge in [0.05, 0.1) is 0 Å². The number of carbonyl (C=O) groups excluding carboxylic acids is 1. The third kappa shape index (κ3) is 5.63. The number of hydrogen-bond donors (Lipinski definition) is 1. The predicted octanol–water partition coefficient (Wildman–Crippen LogP) is 4.48. The van der Waals surface area contributed by atoms with Gasteiger partial charge in [-0.1, -0.05) is 11.6 Å². The maximum atomic E-state index is 12.8. The summed E-state index contributed by atoms with van der Waals surface area (Å²) in [6.45, 7) is 9.10. The van der Waals surface area contributed by atoms with E-state index in [-0.39, 0.29) is 18.0 Å². The molecule has 0 aliphatic carbocycles. The molecule has 1 amide bonds. The molecule has 1 aromatic carbocycles. The standard InChI is InChI=1S/C20H26ClN3O2/c1-14(2)24(15(3)4)20(25)16-11-17(21)13-19(12-16)26-10-9-23-18-5-7-22-8-6-18/h5-8,11-15H,9-10H2,1-4H3,(H,22,23). The number of aromatic nitrogens is 1. The lowest BCUT2D eigenvalue weighted by molar-refractivity contribution is 0.0643. The highest BCUT2D eigenvalue weighted by atomic mass is 35.5. The van der Waals surface area contributed by atoms with Crippen molar-refractivity contribution in [3.8, 4) is 5.75 Å². The summed E-state index contributed by atoms with van der Waals surface area (Å²) < 4.78 is 5.77. The number of nitrogens with one attached hydrogen (secondary N) is 1. The second-order valence-electron chi connectivity index (χ2n) is 6.59. The maximum absolute atomic E-state index is 12.8. The van der Waals surface area contributed by atoms with E-state index < -0.39 is 0 Å². The summed E-state index contributed by atoms with van der Waals surface area (Å²) in [4.78, 5) is 18.6. The second kappa shape index (κ2) is 9.43. The van der Waals surface area contributed by atoms with E-state index in [1.165, 1.54) is 0 Å². The fourth-order valence-corrected chi connectivity index (χ4v) is 3.04. The molecule has 0 aliphatic rings. The SMILES string of the molecule is CC(C)N(C(=O)c1cc(Cl)cc(OCCNc2ccncc2)c1)C(C)C. The van der Waals surface area contributed by atoms with Crippen LogP contribution in [0.2, 0.25) is 5.02 Å². The molecule has 0 saturated heterocycles. The van der Waals surface area contributed by atoms with E-state index in [0.29, 0.717) is 29.5 Å². The highest BCUT2D eigenvalue weighted by Crippen LogP contribution is 2.23. The minimum atomic E-state index is -0.0442. The van der Waals surface area contributed by atoms with Crippen LogP contribution in [0.4, 0.5) is 5.69 Å². The Balaban J connectivity index is 2.01. The van der Waals surface area contributed by atoms with E-state index in [0.717, 1.165) is 5.69 Å². The number of halogens is 1. The highest BCUT2D eigenvalue weighted by molar-refractivity contribution is 6.31. The molecule has 0 radical (unpaired) electrons. The van der Waals surface area contributed by atoms with Crippen molar-refractivity contribution in [1.29, 1.82) is 0 Å². The van der Waals surface area contributed by atoms with E-state index in [9.17, 15) is 4.79 Å². The van der Waals surface area contributed by atoms with Gasteiger partial charge in [0, 0.05) is 47.3 Å². The summed E-state index contributed by atoms with van der Waals surface area (Å²) in [5, 5.41) is 3.73. The zero-order chi connectivity index (χ0) is 19.1. The van der Waals surface area contributed by atoms with Crippen LogP contribution in [0.3, 0.4) is 0 Å². The molecule has 0 aliphatic heterocycles. The Labute approximate surface area is 160 Å². The summed E-state index contributed by atoms with van der Waals surface area (Å²) in [6, 6.07) is 9.15. The molecule has 140 valence electrons. The number of hydrogen-bond acceptors (Lipinski definition) is 4. The lowest BCUT2D eigenvalue weighted by Crippen LogP contribution is -2.42. The van der Waals surface area contributed by atoms with Crippen molar-refractivity contribution in [2.24, 2.45) is 0 Å². The fourth-order valence-electron chi connectivity index (χ4n) is 2.82. The van der Waals surface area contributed by atoms with Crippen molar-refractivity contribution < 1.29 is 9.53 Å². The molecule has 0 bridgehead atoms. The number of amides is 1. The van der Waals surface area contributed by atoms with Crippen LogP contribution in [-0.4, -0.2) is 41.0 Å². The van der Waals surface area contributed by atoms with Crippen molar-refractivity contribution in [2.45, 2.75) is 39.8 Å². The minimum Gasteiger partial charge on any atom is -0.492 e. The van der Waals surface area contributed by atoms with Crippen LogP contribution in [0.5, 0.6) is 5.75 Å². The topological polar surface area (TPSA) is 54.5 Å². The smallest absolute Gasteiger partial charge is 0.254 e. The highest BCUT2D eigenvalue weighted by Gasteiger charge is 2.22. The molecule has 0 fully saturated rings. The molecular weight excluding hydrogens is 350 g/mol. The van der Waals surface area contributed by atoms with E-state index >= 15 is 0 Å². The largest absolute Gasteiger partial charge is 0.492 e. The van der Waals surface area contributed by atoms with E-state index in [1.807, 2.05) is 44.7 Å². The van der Waals surface area contributed by atoms with Crippen LogP contribution in [0.25, 0.3) is 0 Å². The van der Waals surface area contributed by atoms with Crippen molar-refractivity contribution in [3.05, 3.63) is 53.3 Å². The first-order valence-electron chi connectivity index (χ1n) is 8.78. The van der Waals surface area contributed by atoms with Gasteiger partial charge in [-0.15, -0.1) is 0 Å². The second-order valence-corrected chi connectivity index (χ2v) is 7.02. The van der Waals surface area contributed by atoms with Crippen molar-refractivity contribution >= 4 is 23.2 Å². The number of anilines is 1. The zero-order valence-corrected chi connectivity index (χ0v) is 16.5. The van der Waals surface area contributed by atoms with Gasteiger partial charge in [-0.3, -0.25) is 9.78 Å². The van der Waals surface area contributed by atoms with Crippen LogP contribution in [-0.2, 0) is 0 Å².